The normalized spacial score (nSPS) is 13.5. The Labute approximate surface area is 138 Å². The Balaban J connectivity index is 1.83. The van der Waals surface area contributed by atoms with Gasteiger partial charge in [-0.25, -0.2) is 9.78 Å². The summed E-state index contributed by atoms with van der Waals surface area (Å²) >= 11 is 1.64. The van der Waals surface area contributed by atoms with Crippen molar-refractivity contribution >= 4 is 28.2 Å². The Morgan fingerprint density at radius 3 is 2.61 bits per heavy atom. The quantitative estimate of drug-likeness (QED) is 0.901. The minimum absolute atomic E-state index is 0.115. The van der Waals surface area contributed by atoms with Crippen molar-refractivity contribution in [2.24, 2.45) is 0 Å². The molecule has 0 aromatic carbocycles. The van der Waals surface area contributed by atoms with E-state index in [0.717, 1.165) is 23.4 Å². The average Bonchev–Trinajstić information content (AvgIpc) is 2.83. The van der Waals surface area contributed by atoms with E-state index < -0.39 is 5.97 Å². The Morgan fingerprint density at radius 1 is 1.22 bits per heavy atom. The Kier molecular flexibility index (Phi) is 4.17. The van der Waals surface area contributed by atoms with E-state index in [4.69, 9.17) is 5.11 Å². The van der Waals surface area contributed by atoms with Gasteiger partial charge in [-0.3, -0.25) is 4.79 Å². The second kappa shape index (κ2) is 6.12. The summed E-state index contributed by atoms with van der Waals surface area (Å²) in [7, 11) is 0. The van der Waals surface area contributed by atoms with Gasteiger partial charge in [-0.15, -0.1) is 11.3 Å². The molecule has 5 nitrogen and oxygen atoms in total. The summed E-state index contributed by atoms with van der Waals surface area (Å²) in [4.78, 5) is 28.9. The van der Waals surface area contributed by atoms with Crippen molar-refractivity contribution in [3.8, 4) is 0 Å². The van der Waals surface area contributed by atoms with Gasteiger partial charge in [0.2, 0.25) is 0 Å². The highest BCUT2D eigenvalue weighted by Gasteiger charge is 2.20. The van der Waals surface area contributed by atoms with E-state index in [2.05, 4.69) is 10.3 Å². The number of amides is 1. The molecule has 2 aromatic rings. The molecular weight excluding hydrogens is 312 g/mol. The van der Waals surface area contributed by atoms with E-state index in [0.29, 0.717) is 5.69 Å². The second-order valence-electron chi connectivity index (χ2n) is 5.75. The molecule has 0 aliphatic heterocycles. The second-order valence-corrected chi connectivity index (χ2v) is 6.86. The van der Waals surface area contributed by atoms with Gasteiger partial charge in [0, 0.05) is 4.88 Å². The maximum Gasteiger partial charge on any atom is 0.337 e. The molecule has 0 saturated carbocycles. The van der Waals surface area contributed by atoms with Crippen molar-refractivity contribution in [2.75, 3.05) is 5.32 Å². The first kappa shape index (κ1) is 15.7. The zero-order valence-corrected chi connectivity index (χ0v) is 13.9. The number of thiophene rings is 1. The van der Waals surface area contributed by atoms with Crippen LogP contribution < -0.4 is 5.32 Å². The fourth-order valence-corrected chi connectivity index (χ4v) is 4.21. The van der Waals surface area contributed by atoms with Crippen LogP contribution in [0.5, 0.6) is 0 Å². The van der Waals surface area contributed by atoms with Gasteiger partial charge in [-0.05, 0) is 62.8 Å². The summed E-state index contributed by atoms with van der Waals surface area (Å²) in [5, 5.41) is 12.8. The number of carboxylic acid groups (broad SMARTS) is 1. The van der Waals surface area contributed by atoms with Crippen LogP contribution in [-0.2, 0) is 12.8 Å². The van der Waals surface area contributed by atoms with Crippen LogP contribution >= 0.6 is 11.3 Å². The smallest absolute Gasteiger partial charge is 0.337 e. The number of carboxylic acids is 1. The molecule has 0 saturated heterocycles. The molecule has 6 heteroatoms. The molecule has 0 atom stereocenters. The van der Waals surface area contributed by atoms with Crippen LogP contribution in [0.1, 0.15) is 55.4 Å². The van der Waals surface area contributed by atoms with Crippen molar-refractivity contribution in [1.82, 2.24) is 4.98 Å². The van der Waals surface area contributed by atoms with E-state index in [1.165, 1.54) is 35.4 Å². The van der Waals surface area contributed by atoms with Crippen LogP contribution in [-0.4, -0.2) is 22.0 Å². The third-order valence-corrected chi connectivity index (χ3v) is 5.52. The molecule has 1 aliphatic rings. The SMILES string of the molecule is Cc1nc(C(=O)Nc2sc3c(c2C)CCCC3)ccc1C(=O)O. The maximum atomic E-state index is 12.4. The van der Waals surface area contributed by atoms with Gasteiger partial charge in [0.15, 0.2) is 0 Å². The van der Waals surface area contributed by atoms with Gasteiger partial charge in [-0.2, -0.15) is 0 Å². The van der Waals surface area contributed by atoms with Gasteiger partial charge in [0.05, 0.1) is 16.3 Å². The van der Waals surface area contributed by atoms with Crippen LogP contribution in [0.2, 0.25) is 0 Å². The summed E-state index contributed by atoms with van der Waals surface area (Å²) in [5.41, 5.74) is 3.22. The summed E-state index contributed by atoms with van der Waals surface area (Å²) in [5.74, 6) is -1.34. The van der Waals surface area contributed by atoms with Crippen molar-refractivity contribution in [2.45, 2.75) is 39.5 Å². The number of aromatic carboxylic acids is 1. The Morgan fingerprint density at radius 2 is 1.96 bits per heavy atom. The highest BCUT2D eigenvalue weighted by atomic mass is 32.1. The largest absolute Gasteiger partial charge is 0.478 e. The van der Waals surface area contributed by atoms with Crippen LogP contribution in [0.3, 0.4) is 0 Å². The number of hydrogen-bond acceptors (Lipinski definition) is 4. The fraction of sp³-hybridized carbons (Fsp3) is 0.353. The van der Waals surface area contributed by atoms with Gasteiger partial charge < -0.3 is 10.4 Å². The van der Waals surface area contributed by atoms with Gasteiger partial charge in [0.1, 0.15) is 5.69 Å². The first-order chi connectivity index (χ1) is 11.0. The van der Waals surface area contributed by atoms with Crippen molar-refractivity contribution in [3.05, 3.63) is 45.1 Å². The van der Waals surface area contributed by atoms with Gasteiger partial charge in [0.25, 0.3) is 5.91 Å². The monoisotopic (exact) mass is 330 g/mol. The fourth-order valence-electron chi connectivity index (χ4n) is 2.92. The lowest BCUT2D eigenvalue weighted by atomic mass is 9.96. The number of anilines is 1. The number of hydrogen-bond donors (Lipinski definition) is 2. The highest BCUT2D eigenvalue weighted by Crippen LogP contribution is 2.37. The molecule has 1 amide bonds. The summed E-state index contributed by atoms with van der Waals surface area (Å²) < 4.78 is 0. The van der Waals surface area contributed by atoms with Crippen LogP contribution in [0.4, 0.5) is 5.00 Å². The molecule has 0 radical (unpaired) electrons. The van der Waals surface area contributed by atoms with E-state index in [1.54, 1.807) is 18.3 Å². The topological polar surface area (TPSA) is 79.3 Å². The molecule has 0 unspecified atom stereocenters. The molecule has 23 heavy (non-hydrogen) atoms. The lowest BCUT2D eigenvalue weighted by Crippen LogP contribution is -2.15. The third kappa shape index (κ3) is 2.99. The zero-order chi connectivity index (χ0) is 16.6. The molecule has 0 fully saturated rings. The lowest BCUT2D eigenvalue weighted by molar-refractivity contribution is 0.0695. The predicted octanol–water partition coefficient (Wildman–Crippen LogP) is 3.59. The zero-order valence-electron chi connectivity index (χ0n) is 13.1. The van der Waals surface area contributed by atoms with E-state index in [1.807, 2.05) is 6.92 Å². The average molecular weight is 330 g/mol. The Bertz CT molecular complexity index is 795. The van der Waals surface area contributed by atoms with E-state index in [9.17, 15) is 9.59 Å². The molecule has 0 spiro atoms. The molecule has 0 bridgehead atoms. The predicted molar refractivity (Wildman–Crippen MR) is 89.6 cm³/mol. The molecule has 1 aliphatic carbocycles. The number of pyridine rings is 1. The maximum absolute atomic E-state index is 12.4. The number of aromatic nitrogens is 1. The standard InChI is InChI=1S/C17H18N2O3S/c1-9-11-5-3-4-6-14(11)23-16(9)19-15(20)13-8-7-12(17(21)22)10(2)18-13/h7-8H,3-6H2,1-2H3,(H,19,20)(H,21,22). The van der Waals surface area contributed by atoms with Crippen LogP contribution in [0.15, 0.2) is 12.1 Å². The number of carbonyl (C=O) groups excluding carboxylic acids is 1. The minimum atomic E-state index is -1.04. The number of aryl methyl sites for hydroxylation is 2. The highest BCUT2D eigenvalue weighted by molar-refractivity contribution is 7.16. The lowest BCUT2D eigenvalue weighted by Gasteiger charge is -2.10. The Hall–Kier alpha value is -2.21. The molecule has 2 N–H and O–H groups in total. The third-order valence-electron chi connectivity index (χ3n) is 4.21. The number of carbonyl (C=O) groups is 2. The molecule has 2 aromatic heterocycles. The molecule has 120 valence electrons. The summed E-state index contributed by atoms with van der Waals surface area (Å²) in [6, 6.07) is 2.88. The van der Waals surface area contributed by atoms with Crippen molar-refractivity contribution in [1.29, 1.82) is 0 Å². The summed E-state index contributed by atoms with van der Waals surface area (Å²) in [6.07, 6.45) is 4.58. The first-order valence-corrected chi connectivity index (χ1v) is 8.42. The molecule has 3 rings (SSSR count). The van der Waals surface area contributed by atoms with E-state index >= 15 is 0 Å². The van der Waals surface area contributed by atoms with Crippen LogP contribution in [0.25, 0.3) is 0 Å². The summed E-state index contributed by atoms with van der Waals surface area (Å²) in [6.45, 7) is 3.64. The van der Waals surface area contributed by atoms with Gasteiger partial charge >= 0.3 is 5.97 Å². The van der Waals surface area contributed by atoms with Crippen molar-refractivity contribution < 1.29 is 14.7 Å². The molecule has 2 heterocycles. The first-order valence-electron chi connectivity index (χ1n) is 7.61. The number of nitrogens with zero attached hydrogens (tertiary/aromatic N) is 1. The number of nitrogens with one attached hydrogen (secondary N) is 1. The molecular formula is C17H18N2O3S. The number of fused-ring (bicyclic) bond motifs is 1. The number of rotatable bonds is 3. The van der Waals surface area contributed by atoms with Gasteiger partial charge in [-0.1, -0.05) is 0 Å². The van der Waals surface area contributed by atoms with E-state index in [-0.39, 0.29) is 17.2 Å². The van der Waals surface area contributed by atoms with Crippen molar-refractivity contribution in [3.63, 3.8) is 0 Å². The van der Waals surface area contributed by atoms with Crippen LogP contribution in [0, 0.1) is 13.8 Å². The minimum Gasteiger partial charge on any atom is -0.478 e.